The van der Waals surface area contributed by atoms with E-state index in [1.807, 2.05) is 0 Å². The number of nitrogens with one attached hydrogen (secondary N) is 1. The van der Waals surface area contributed by atoms with Crippen LogP contribution >= 0.6 is 0 Å². The Balaban J connectivity index is -0.000000500. The predicted molar refractivity (Wildman–Crippen MR) is 53.1 cm³/mol. The minimum Gasteiger partial charge on any atom is -0.508 e. The Bertz CT molecular complexity index is 140. The van der Waals surface area contributed by atoms with Gasteiger partial charge in [0.25, 0.3) is 0 Å². The molecule has 2 nitrogen and oxygen atoms in total. The van der Waals surface area contributed by atoms with Crippen molar-refractivity contribution in [3.05, 3.63) is 14.5 Å². The standard InChI is InChI=1S/C9H18NO.CH3.K/c1-7(9(2,3)4)6-8(11)10-5;;/h7H,5-6H2,1-4H3,(H,10,11);1H3;/q2*-1;+1. The van der Waals surface area contributed by atoms with Gasteiger partial charge < -0.3 is 12.7 Å². The molecule has 1 unspecified atom stereocenters. The van der Waals surface area contributed by atoms with E-state index in [4.69, 9.17) is 0 Å². The molecule has 74 valence electrons. The van der Waals surface area contributed by atoms with Crippen LogP contribution in [0.1, 0.15) is 34.1 Å². The van der Waals surface area contributed by atoms with Crippen LogP contribution in [0.2, 0.25) is 0 Å². The first-order valence-electron chi connectivity index (χ1n) is 3.94. The molecule has 0 heterocycles. The summed E-state index contributed by atoms with van der Waals surface area (Å²) in [4.78, 5) is 10.9. The number of hydrogen-bond donors (Lipinski definition) is 1. The van der Waals surface area contributed by atoms with Crippen LogP contribution in [0, 0.1) is 25.8 Å². The Morgan fingerprint density at radius 1 is 1.46 bits per heavy atom. The van der Waals surface area contributed by atoms with Crippen LogP contribution in [0.15, 0.2) is 0 Å². The molecule has 0 aliphatic rings. The van der Waals surface area contributed by atoms with E-state index in [0.717, 1.165) is 0 Å². The quantitative estimate of drug-likeness (QED) is 0.480. The third kappa shape index (κ3) is 9.41. The van der Waals surface area contributed by atoms with Gasteiger partial charge in [0, 0.05) is 6.42 Å². The van der Waals surface area contributed by atoms with Crippen LogP contribution in [0.4, 0.5) is 0 Å². The molecule has 3 heteroatoms. The van der Waals surface area contributed by atoms with Crippen LogP contribution in [-0.4, -0.2) is 5.91 Å². The molecule has 0 radical (unpaired) electrons. The second kappa shape index (κ2) is 8.42. The molecule has 0 aromatic heterocycles. The number of carbonyl (C=O) groups is 1. The van der Waals surface area contributed by atoms with Gasteiger partial charge in [-0.25, -0.2) is 0 Å². The fourth-order valence-corrected chi connectivity index (χ4v) is 0.656. The topological polar surface area (TPSA) is 29.1 Å². The van der Waals surface area contributed by atoms with E-state index < -0.39 is 0 Å². The molecule has 0 aliphatic heterocycles. The predicted octanol–water partition coefficient (Wildman–Crippen LogP) is -0.579. The second-order valence-electron chi connectivity index (χ2n) is 4.07. The van der Waals surface area contributed by atoms with Gasteiger partial charge in [0.2, 0.25) is 0 Å². The summed E-state index contributed by atoms with van der Waals surface area (Å²) in [6.07, 6.45) is 0.562. The molecule has 1 N–H and O–H groups in total. The largest absolute Gasteiger partial charge is 1.00 e. The zero-order valence-electron chi connectivity index (χ0n) is 9.90. The average molecular weight is 210 g/mol. The summed E-state index contributed by atoms with van der Waals surface area (Å²) < 4.78 is 0. The van der Waals surface area contributed by atoms with Crippen molar-refractivity contribution in [3.63, 3.8) is 0 Å². The Kier molecular flexibility index (Phi) is 12.7. The molecule has 0 aliphatic carbocycles. The smallest absolute Gasteiger partial charge is 0.508 e. The average Bonchev–Trinajstić information content (AvgIpc) is 1.85. The second-order valence-corrected chi connectivity index (χ2v) is 4.07. The molecule has 0 spiro atoms. The molecule has 0 saturated heterocycles. The molecule has 0 bridgehead atoms. The number of carbonyl (C=O) groups excluding carboxylic acids is 1. The molecule has 1 amide bonds. The van der Waals surface area contributed by atoms with Gasteiger partial charge in [-0.15, -0.1) is 0 Å². The molecular weight excluding hydrogens is 189 g/mol. The first kappa shape index (κ1) is 19.6. The fourth-order valence-electron chi connectivity index (χ4n) is 0.656. The first-order valence-corrected chi connectivity index (χ1v) is 3.94. The molecule has 0 rings (SSSR count). The van der Waals surface area contributed by atoms with E-state index in [9.17, 15) is 4.79 Å². The summed E-state index contributed by atoms with van der Waals surface area (Å²) >= 11 is 0. The van der Waals surface area contributed by atoms with E-state index in [1.54, 1.807) is 0 Å². The van der Waals surface area contributed by atoms with Crippen molar-refractivity contribution in [2.45, 2.75) is 34.1 Å². The van der Waals surface area contributed by atoms with Crippen LogP contribution in [0.25, 0.3) is 0 Å². The minimum atomic E-state index is 0. The molecule has 0 aromatic carbocycles. The fraction of sp³-hybridized carbons (Fsp3) is 0.700. The number of amides is 1. The summed E-state index contributed by atoms with van der Waals surface area (Å²) in [5.41, 5.74) is 0.201. The Morgan fingerprint density at radius 3 is 2.08 bits per heavy atom. The summed E-state index contributed by atoms with van der Waals surface area (Å²) in [7, 11) is 3.32. The van der Waals surface area contributed by atoms with Crippen LogP contribution in [-0.2, 0) is 4.79 Å². The third-order valence-corrected chi connectivity index (χ3v) is 2.17. The third-order valence-electron chi connectivity index (χ3n) is 2.17. The van der Waals surface area contributed by atoms with Gasteiger partial charge in [-0.1, -0.05) is 27.7 Å². The van der Waals surface area contributed by atoms with E-state index in [1.165, 1.54) is 0 Å². The van der Waals surface area contributed by atoms with Crippen molar-refractivity contribution in [2.75, 3.05) is 0 Å². The summed E-state index contributed by atoms with van der Waals surface area (Å²) in [6.45, 7) is 8.48. The molecule has 0 fully saturated rings. The van der Waals surface area contributed by atoms with Crippen LogP contribution < -0.4 is 56.7 Å². The van der Waals surface area contributed by atoms with Crippen molar-refractivity contribution in [2.24, 2.45) is 11.3 Å². The van der Waals surface area contributed by atoms with E-state index in [0.29, 0.717) is 12.3 Å². The van der Waals surface area contributed by atoms with Crippen LogP contribution in [0.5, 0.6) is 0 Å². The van der Waals surface area contributed by atoms with Gasteiger partial charge in [0.05, 0.1) is 0 Å². The summed E-state index contributed by atoms with van der Waals surface area (Å²) in [5, 5.41) is 2.38. The van der Waals surface area contributed by atoms with Gasteiger partial charge in [0.15, 0.2) is 5.91 Å². The Hall–Kier alpha value is 1.11. The Labute approximate surface area is 126 Å². The van der Waals surface area contributed by atoms with E-state index >= 15 is 0 Å². The maximum atomic E-state index is 10.9. The molecule has 1 atom stereocenters. The molecular formula is C10H21KNO-. The molecule has 0 aromatic rings. The summed E-state index contributed by atoms with van der Waals surface area (Å²) in [6, 6.07) is 0. The van der Waals surface area contributed by atoms with Crippen molar-refractivity contribution in [1.82, 2.24) is 5.32 Å². The monoisotopic (exact) mass is 210 g/mol. The number of rotatable bonds is 2. The SMILES string of the molecule is [CH2-]NC(=O)CC(C)C(C)(C)C.[CH3-].[K+]. The van der Waals surface area contributed by atoms with Gasteiger partial charge >= 0.3 is 51.4 Å². The zero-order valence-corrected chi connectivity index (χ0v) is 13.0. The van der Waals surface area contributed by atoms with Gasteiger partial charge in [0.1, 0.15) is 0 Å². The zero-order chi connectivity index (χ0) is 9.07. The molecule has 0 saturated carbocycles. The van der Waals surface area contributed by atoms with Gasteiger partial charge in [-0.3, -0.25) is 11.8 Å². The normalized spacial score (nSPS) is 12.1. The first-order chi connectivity index (χ1) is 4.88. The maximum Gasteiger partial charge on any atom is 1.00 e. The maximum absolute atomic E-state index is 10.9. The van der Waals surface area contributed by atoms with E-state index in [-0.39, 0.29) is 70.1 Å². The van der Waals surface area contributed by atoms with Crippen molar-refractivity contribution < 1.29 is 56.2 Å². The van der Waals surface area contributed by atoms with E-state index in [2.05, 4.69) is 40.1 Å². The summed E-state index contributed by atoms with van der Waals surface area (Å²) in [5.74, 6) is 0.414. The van der Waals surface area contributed by atoms with Gasteiger partial charge in [-0.2, -0.15) is 0 Å². The Morgan fingerprint density at radius 2 is 1.85 bits per heavy atom. The minimum absolute atomic E-state index is 0. The molecule has 13 heavy (non-hydrogen) atoms. The number of hydrogen-bond acceptors (Lipinski definition) is 1. The van der Waals surface area contributed by atoms with Crippen molar-refractivity contribution >= 4 is 5.91 Å². The van der Waals surface area contributed by atoms with Crippen LogP contribution in [0.3, 0.4) is 0 Å². The van der Waals surface area contributed by atoms with Crippen molar-refractivity contribution in [1.29, 1.82) is 0 Å². The van der Waals surface area contributed by atoms with Gasteiger partial charge in [-0.05, 0) is 11.3 Å². The van der Waals surface area contributed by atoms with Crippen molar-refractivity contribution in [3.8, 4) is 0 Å².